The first-order valence-corrected chi connectivity index (χ1v) is 31.4. The lowest BCUT2D eigenvalue weighted by molar-refractivity contribution is -0.193. The van der Waals surface area contributed by atoms with Crippen LogP contribution in [0.5, 0.6) is 0 Å². The Bertz CT molecular complexity index is 1120. The molecule has 0 saturated carbocycles. The van der Waals surface area contributed by atoms with E-state index in [9.17, 15) is 18.3 Å². The van der Waals surface area contributed by atoms with Gasteiger partial charge in [-0.3, -0.25) is 0 Å². The number of hydrogen-bond donors (Lipinski definition) is 0. The van der Waals surface area contributed by atoms with Crippen LogP contribution in [0, 0.1) is 47.3 Å². The van der Waals surface area contributed by atoms with Gasteiger partial charge in [0.05, 0.1) is 28.6 Å². The molecular formula is C44H92O12P4. The zero-order valence-electron chi connectivity index (χ0n) is 41.8. The lowest BCUT2D eigenvalue weighted by Gasteiger charge is -2.18. The molecule has 0 radical (unpaired) electrons. The Labute approximate surface area is 368 Å². The molecule has 0 amide bonds. The van der Waals surface area contributed by atoms with Crippen molar-refractivity contribution in [3.63, 3.8) is 0 Å². The zero-order chi connectivity index (χ0) is 49.9. The first-order valence-electron chi connectivity index (χ1n) is 21.3. The number of rotatable bonds is 20. The second kappa shape index (κ2) is 46.9. The maximum Gasteiger partial charge on any atom is 0.373 e. The van der Waals surface area contributed by atoms with Crippen molar-refractivity contribution in [2.45, 2.75) is 136 Å². The summed E-state index contributed by atoms with van der Waals surface area (Å²) in [6.45, 7) is 42.4. The third-order valence-corrected chi connectivity index (χ3v) is 20.2. The van der Waals surface area contributed by atoms with Gasteiger partial charge in [-0.25, -0.2) is 0 Å². The molecule has 0 unspecified atom stereocenters. The Balaban J connectivity index is -0.0000000916. The van der Waals surface area contributed by atoms with Gasteiger partial charge in [0.2, 0.25) is 0 Å². The van der Waals surface area contributed by atoms with Gasteiger partial charge in [0.1, 0.15) is 0 Å². The van der Waals surface area contributed by atoms with Gasteiger partial charge in [0.15, 0.2) is 0 Å². The van der Waals surface area contributed by atoms with Gasteiger partial charge >= 0.3 is 24.6 Å². The van der Waals surface area contributed by atoms with E-state index in [1.807, 2.05) is 26.7 Å². The molecular weight excluding hydrogens is 844 g/mol. The molecule has 0 bridgehead atoms. The fourth-order valence-electron chi connectivity index (χ4n) is 6.54. The van der Waals surface area contributed by atoms with E-state index in [1.165, 1.54) is 0 Å². The first-order chi connectivity index (χ1) is 27.1. The fraction of sp³-hybridized carbons (Fsp3) is 0.909. The number of hydrogen-bond acceptors (Lipinski definition) is 12. The molecule has 0 rings (SSSR count). The Morgan fingerprint density at radius 3 is 0.450 bits per heavy atom. The molecule has 360 valence electrons. The van der Waals surface area contributed by atoms with E-state index < -0.39 is 28.6 Å². The van der Waals surface area contributed by atoms with Crippen LogP contribution < -0.4 is 0 Å². The lowest BCUT2D eigenvalue weighted by atomic mass is 10.2. The Morgan fingerprint density at radius 1 is 0.283 bits per heavy atom. The van der Waals surface area contributed by atoms with E-state index in [0.29, 0.717) is 47.3 Å². The molecule has 0 aromatic carbocycles. The van der Waals surface area contributed by atoms with Gasteiger partial charge in [-0.15, -0.1) is 0 Å². The van der Waals surface area contributed by atoms with Crippen LogP contribution in [0.25, 0.3) is 0 Å². The summed E-state index contributed by atoms with van der Waals surface area (Å²) >= 11 is 0. The standard InChI is InChI=1S/4C10H23OP.4CO2/c4*1-6-10(4)8-12(5,11)7-9(2)3;4*2-1-3/h4*9-10H,6-8H2,1-5H3;;;;/t2*10-,12+;2*10-,12-;;;;/m1010..../s1. The predicted octanol–water partition coefficient (Wildman–Crippen LogP) is 12.4. The highest BCUT2D eigenvalue weighted by Crippen LogP contribution is 2.47. The Kier molecular flexibility index (Phi) is 59.3. The lowest BCUT2D eigenvalue weighted by Crippen LogP contribution is -2.06. The molecule has 0 N–H and O–H groups in total. The summed E-state index contributed by atoms with van der Waals surface area (Å²) in [5.41, 5.74) is 0. The van der Waals surface area contributed by atoms with E-state index in [1.54, 1.807) is 0 Å². The third-order valence-electron chi connectivity index (χ3n) is 8.58. The highest BCUT2D eigenvalue weighted by molar-refractivity contribution is 7.64. The molecule has 0 aromatic rings. The average molecular weight is 937 g/mol. The molecule has 0 aliphatic carbocycles. The SMILES string of the molecule is CC[C@@H](C)C[P@@](C)(=O)CC(C)C.CC[C@@H](C)C[P@](C)(=O)CC(C)C.CC[C@H](C)C[P@@](C)(=O)CC(C)C.CC[C@H](C)C[P@](C)(=O)CC(C)C.O=C=O.O=C=O.O=C=O.O=C=O. The summed E-state index contributed by atoms with van der Waals surface area (Å²) in [5.74, 6) is 4.79. The Morgan fingerprint density at radius 2 is 0.383 bits per heavy atom. The normalized spacial score (nSPS) is 15.9. The van der Waals surface area contributed by atoms with Gasteiger partial charge in [-0.1, -0.05) is 136 Å². The van der Waals surface area contributed by atoms with Crippen molar-refractivity contribution in [3.8, 4) is 0 Å². The first kappa shape index (κ1) is 75.8. The van der Waals surface area contributed by atoms with Crippen LogP contribution in [0.3, 0.4) is 0 Å². The van der Waals surface area contributed by atoms with Gasteiger partial charge in [-0.05, 0) is 74.0 Å². The van der Waals surface area contributed by atoms with Gasteiger partial charge < -0.3 is 18.3 Å². The summed E-state index contributed by atoms with van der Waals surface area (Å²) in [6, 6.07) is 0. The minimum absolute atomic E-state index is 0.250. The van der Waals surface area contributed by atoms with Gasteiger partial charge in [-0.2, -0.15) is 38.4 Å². The zero-order valence-corrected chi connectivity index (χ0v) is 45.4. The van der Waals surface area contributed by atoms with Gasteiger partial charge in [0.25, 0.3) is 0 Å². The molecule has 0 aliphatic heterocycles. The van der Waals surface area contributed by atoms with E-state index in [-0.39, 0.29) is 24.6 Å². The van der Waals surface area contributed by atoms with Crippen LogP contribution in [-0.4, -0.2) is 101 Å². The number of carbonyl (C=O) groups excluding carboxylic acids is 8. The molecule has 0 fully saturated rings. The molecule has 0 heterocycles. The summed E-state index contributed by atoms with van der Waals surface area (Å²) < 4.78 is 48.0. The van der Waals surface area contributed by atoms with Crippen molar-refractivity contribution in [1.82, 2.24) is 0 Å². The van der Waals surface area contributed by atoms with Crippen LogP contribution >= 0.6 is 28.6 Å². The fourth-order valence-corrected chi connectivity index (χ4v) is 19.6. The third kappa shape index (κ3) is 80.4. The summed E-state index contributed by atoms with van der Waals surface area (Å²) in [7, 11) is -7.29. The minimum atomic E-state index is -1.82. The van der Waals surface area contributed by atoms with Crippen LogP contribution in [0.15, 0.2) is 0 Å². The smallest absolute Gasteiger partial charge is 0.324 e. The monoisotopic (exact) mass is 937 g/mol. The molecule has 0 aliphatic rings. The van der Waals surface area contributed by atoms with Crippen LogP contribution in [0.1, 0.15) is 136 Å². The molecule has 0 saturated heterocycles. The molecule has 16 heteroatoms. The quantitative estimate of drug-likeness (QED) is 0.105. The second-order valence-corrected chi connectivity index (χ2v) is 31.9. The van der Waals surface area contributed by atoms with E-state index in [0.717, 1.165) is 75.0 Å². The maximum absolute atomic E-state index is 12.0. The van der Waals surface area contributed by atoms with Crippen molar-refractivity contribution >= 4 is 53.2 Å². The minimum Gasteiger partial charge on any atom is -0.324 e. The van der Waals surface area contributed by atoms with Crippen molar-refractivity contribution in [3.05, 3.63) is 0 Å². The highest BCUT2D eigenvalue weighted by atomic mass is 31.2. The van der Waals surface area contributed by atoms with E-state index in [2.05, 4.69) is 111 Å². The van der Waals surface area contributed by atoms with E-state index in [4.69, 9.17) is 38.4 Å². The topological polar surface area (TPSA) is 205 Å². The van der Waals surface area contributed by atoms with Gasteiger partial charge in [0, 0.05) is 49.3 Å². The van der Waals surface area contributed by atoms with Crippen LogP contribution in [-0.2, 0) is 56.6 Å². The highest BCUT2D eigenvalue weighted by Gasteiger charge is 2.22. The summed E-state index contributed by atoms with van der Waals surface area (Å²) in [5, 5.41) is 0. The summed E-state index contributed by atoms with van der Waals surface area (Å²) in [6.07, 6.45) is 13.0. The molecule has 60 heavy (non-hydrogen) atoms. The molecule has 8 atom stereocenters. The maximum atomic E-state index is 12.0. The van der Waals surface area contributed by atoms with Crippen molar-refractivity contribution in [2.75, 3.05) is 76.0 Å². The van der Waals surface area contributed by atoms with Crippen molar-refractivity contribution in [1.29, 1.82) is 0 Å². The summed E-state index contributed by atoms with van der Waals surface area (Å²) in [4.78, 5) is 65.0. The van der Waals surface area contributed by atoms with Crippen LogP contribution in [0.4, 0.5) is 0 Å². The molecule has 12 nitrogen and oxygen atoms in total. The Hall–Kier alpha value is -1.56. The second-order valence-electron chi connectivity index (χ2n) is 18.6. The largest absolute Gasteiger partial charge is 0.373 e. The molecule has 0 aromatic heterocycles. The predicted molar refractivity (Wildman–Crippen MR) is 250 cm³/mol. The average Bonchev–Trinajstić information content (AvgIpc) is 3.03. The van der Waals surface area contributed by atoms with E-state index >= 15 is 0 Å². The van der Waals surface area contributed by atoms with Crippen LogP contribution in [0.2, 0.25) is 0 Å². The van der Waals surface area contributed by atoms with Crippen molar-refractivity contribution < 1.29 is 56.6 Å². The van der Waals surface area contributed by atoms with Crippen molar-refractivity contribution in [2.24, 2.45) is 47.3 Å². The molecule has 0 spiro atoms.